The Balaban J connectivity index is 1.64. The number of imidazole rings is 1. The molecule has 19 heavy (non-hydrogen) atoms. The van der Waals surface area contributed by atoms with Crippen molar-refractivity contribution in [2.45, 2.75) is 25.7 Å². The number of aromatic nitrogens is 4. The number of allylic oxidation sites excluding steroid dienone is 2. The number of H-pyrrole nitrogens is 1. The highest BCUT2D eigenvalue weighted by molar-refractivity contribution is 5.74. The van der Waals surface area contributed by atoms with Crippen LogP contribution in [0.3, 0.4) is 0 Å². The van der Waals surface area contributed by atoms with E-state index < -0.39 is 6.08 Å². The van der Waals surface area contributed by atoms with Crippen molar-refractivity contribution in [2.24, 2.45) is 5.92 Å². The van der Waals surface area contributed by atoms with Gasteiger partial charge in [0.25, 0.3) is 0 Å². The van der Waals surface area contributed by atoms with Gasteiger partial charge in [-0.25, -0.2) is 4.98 Å². The quantitative estimate of drug-likeness (QED) is 0.679. The summed E-state index contributed by atoms with van der Waals surface area (Å²) in [4.78, 5) is 14.0. The minimum Gasteiger partial charge on any atom is -0.476 e. The standard InChI is InChI=1S/C13H15FN4O/c14-13-17-11-10(15-8-16-11)12(18-13)19-7-6-9-4-2-1-3-5-9/h1-2,8-9H,3-7H2,(H,15,16,17,18). The Morgan fingerprint density at radius 3 is 3.16 bits per heavy atom. The van der Waals surface area contributed by atoms with Crippen LogP contribution >= 0.6 is 0 Å². The Morgan fingerprint density at radius 1 is 1.37 bits per heavy atom. The fourth-order valence-electron chi connectivity index (χ4n) is 2.33. The van der Waals surface area contributed by atoms with Crippen molar-refractivity contribution in [2.75, 3.05) is 6.61 Å². The Hall–Kier alpha value is -1.98. The molecule has 2 aromatic heterocycles. The molecule has 0 aliphatic heterocycles. The minimum atomic E-state index is -0.810. The number of nitrogens with zero attached hydrogens (tertiary/aromatic N) is 3. The van der Waals surface area contributed by atoms with Crippen molar-refractivity contribution >= 4 is 11.2 Å². The molecule has 2 aromatic rings. The maximum Gasteiger partial charge on any atom is 0.314 e. The lowest BCUT2D eigenvalue weighted by Crippen LogP contribution is -2.09. The van der Waals surface area contributed by atoms with E-state index in [-0.39, 0.29) is 5.88 Å². The van der Waals surface area contributed by atoms with Gasteiger partial charge in [0.2, 0.25) is 5.88 Å². The van der Waals surface area contributed by atoms with Gasteiger partial charge in [0.15, 0.2) is 5.65 Å². The van der Waals surface area contributed by atoms with Crippen LogP contribution < -0.4 is 4.74 Å². The molecule has 100 valence electrons. The molecule has 1 aliphatic rings. The summed E-state index contributed by atoms with van der Waals surface area (Å²) in [6, 6.07) is 0. The Kier molecular flexibility index (Phi) is 3.39. The number of fused-ring (bicyclic) bond motifs is 1. The number of aromatic amines is 1. The lowest BCUT2D eigenvalue weighted by Gasteiger charge is -2.17. The third-order valence-electron chi connectivity index (χ3n) is 3.37. The molecule has 1 unspecified atom stereocenters. The zero-order valence-electron chi connectivity index (χ0n) is 10.5. The van der Waals surface area contributed by atoms with Crippen molar-refractivity contribution in [1.29, 1.82) is 0 Å². The first-order valence-corrected chi connectivity index (χ1v) is 6.47. The topological polar surface area (TPSA) is 63.7 Å². The van der Waals surface area contributed by atoms with Crippen LogP contribution in [-0.4, -0.2) is 26.5 Å². The van der Waals surface area contributed by atoms with Gasteiger partial charge in [0.05, 0.1) is 12.9 Å². The molecule has 3 rings (SSSR count). The molecule has 5 nitrogen and oxygen atoms in total. The van der Waals surface area contributed by atoms with Crippen molar-refractivity contribution < 1.29 is 9.13 Å². The molecule has 0 bridgehead atoms. The molecule has 1 atom stereocenters. The Morgan fingerprint density at radius 2 is 2.32 bits per heavy atom. The van der Waals surface area contributed by atoms with Crippen molar-refractivity contribution in [1.82, 2.24) is 19.9 Å². The number of halogens is 1. The van der Waals surface area contributed by atoms with Gasteiger partial charge in [-0.2, -0.15) is 14.4 Å². The van der Waals surface area contributed by atoms with Crippen LogP contribution in [0.2, 0.25) is 0 Å². The third kappa shape index (κ3) is 2.72. The zero-order valence-corrected chi connectivity index (χ0v) is 10.5. The lowest BCUT2D eigenvalue weighted by atomic mass is 9.92. The molecule has 0 aromatic carbocycles. The van der Waals surface area contributed by atoms with Crippen LogP contribution in [0.4, 0.5) is 4.39 Å². The smallest absolute Gasteiger partial charge is 0.314 e. The fourth-order valence-corrected chi connectivity index (χ4v) is 2.33. The predicted molar refractivity (Wildman–Crippen MR) is 68.2 cm³/mol. The predicted octanol–water partition coefficient (Wildman–Crippen LogP) is 2.62. The molecule has 0 fully saturated rings. The van der Waals surface area contributed by atoms with E-state index in [4.69, 9.17) is 4.74 Å². The van der Waals surface area contributed by atoms with Gasteiger partial charge in [-0.15, -0.1) is 0 Å². The SMILES string of the molecule is Fc1nc(OCCC2CC=CCC2)c2[nH]cnc2n1. The van der Waals surface area contributed by atoms with E-state index in [0.717, 1.165) is 19.3 Å². The summed E-state index contributed by atoms with van der Waals surface area (Å²) in [6.07, 6.45) is 9.45. The van der Waals surface area contributed by atoms with E-state index in [2.05, 4.69) is 32.1 Å². The molecule has 0 spiro atoms. The third-order valence-corrected chi connectivity index (χ3v) is 3.37. The number of ether oxygens (including phenoxy) is 1. The second kappa shape index (κ2) is 5.34. The molecular formula is C13H15FN4O. The van der Waals surface area contributed by atoms with Crippen molar-refractivity contribution in [3.05, 3.63) is 24.6 Å². The highest BCUT2D eigenvalue weighted by Gasteiger charge is 2.13. The average molecular weight is 262 g/mol. The van der Waals surface area contributed by atoms with Crippen LogP contribution in [0, 0.1) is 12.0 Å². The summed E-state index contributed by atoms with van der Waals surface area (Å²) in [5, 5.41) is 0. The van der Waals surface area contributed by atoms with E-state index in [0.29, 0.717) is 23.7 Å². The minimum absolute atomic E-state index is 0.242. The Labute approximate surface area is 109 Å². The van der Waals surface area contributed by atoms with Crippen LogP contribution in [0.1, 0.15) is 25.7 Å². The van der Waals surface area contributed by atoms with E-state index in [1.54, 1.807) is 0 Å². The summed E-state index contributed by atoms with van der Waals surface area (Å²) < 4.78 is 18.8. The van der Waals surface area contributed by atoms with Gasteiger partial charge in [-0.05, 0) is 31.6 Å². The fraction of sp³-hybridized carbons (Fsp3) is 0.462. The van der Waals surface area contributed by atoms with Crippen molar-refractivity contribution in [3.8, 4) is 5.88 Å². The Bertz CT molecular complexity index is 595. The number of rotatable bonds is 4. The molecule has 0 saturated heterocycles. The van der Waals surface area contributed by atoms with Gasteiger partial charge in [-0.1, -0.05) is 12.2 Å². The van der Waals surface area contributed by atoms with Gasteiger partial charge in [0, 0.05) is 0 Å². The molecule has 0 saturated carbocycles. The highest BCUT2D eigenvalue weighted by Crippen LogP contribution is 2.23. The van der Waals surface area contributed by atoms with Gasteiger partial charge in [0.1, 0.15) is 5.52 Å². The van der Waals surface area contributed by atoms with E-state index in [1.807, 2.05) is 0 Å². The van der Waals surface area contributed by atoms with Gasteiger partial charge >= 0.3 is 6.08 Å². The van der Waals surface area contributed by atoms with E-state index in [1.165, 1.54) is 12.7 Å². The maximum atomic E-state index is 13.2. The molecule has 1 aliphatic carbocycles. The molecule has 0 radical (unpaired) electrons. The van der Waals surface area contributed by atoms with Crippen LogP contribution in [-0.2, 0) is 0 Å². The highest BCUT2D eigenvalue weighted by atomic mass is 19.1. The molecule has 2 heterocycles. The van der Waals surface area contributed by atoms with Gasteiger partial charge in [-0.3, -0.25) is 0 Å². The normalized spacial score (nSPS) is 18.9. The molecule has 0 amide bonds. The van der Waals surface area contributed by atoms with Crippen LogP contribution in [0.25, 0.3) is 11.2 Å². The zero-order chi connectivity index (χ0) is 13.1. The summed E-state index contributed by atoms with van der Waals surface area (Å²) in [7, 11) is 0. The molecule has 1 N–H and O–H groups in total. The lowest BCUT2D eigenvalue weighted by molar-refractivity contribution is 0.261. The van der Waals surface area contributed by atoms with Crippen LogP contribution in [0.15, 0.2) is 18.5 Å². The first kappa shape index (κ1) is 12.1. The largest absolute Gasteiger partial charge is 0.476 e. The average Bonchev–Trinajstić information content (AvgIpc) is 2.88. The second-order valence-corrected chi connectivity index (χ2v) is 4.69. The van der Waals surface area contributed by atoms with Crippen molar-refractivity contribution in [3.63, 3.8) is 0 Å². The second-order valence-electron chi connectivity index (χ2n) is 4.69. The number of hydrogen-bond donors (Lipinski definition) is 1. The summed E-state index contributed by atoms with van der Waals surface area (Å²) in [5.41, 5.74) is 0.841. The van der Waals surface area contributed by atoms with Gasteiger partial charge < -0.3 is 9.72 Å². The summed E-state index contributed by atoms with van der Waals surface area (Å²) in [5.74, 6) is 0.889. The van der Waals surface area contributed by atoms with E-state index >= 15 is 0 Å². The molecular weight excluding hydrogens is 247 g/mol. The summed E-state index contributed by atoms with van der Waals surface area (Å²) in [6.45, 7) is 0.531. The summed E-state index contributed by atoms with van der Waals surface area (Å²) >= 11 is 0. The van der Waals surface area contributed by atoms with Crippen LogP contribution in [0.5, 0.6) is 5.88 Å². The van der Waals surface area contributed by atoms with E-state index in [9.17, 15) is 4.39 Å². The molecule has 6 heteroatoms. The number of hydrogen-bond acceptors (Lipinski definition) is 4. The number of nitrogens with one attached hydrogen (secondary N) is 1. The first-order chi connectivity index (χ1) is 9.33. The first-order valence-electron chi connectivity index (χ1n) is 6.47. The maximum absolute atomic E-state index is 13.2. The monoisotopic (exact) mass is 262 g/mol.